The second-order valence-corrected chi connectivity index (χ2v) is 9.76. The summed E-state index contributed by atoms with van der Waals surface area (Å²) in [6, 6.07) is 34.3. The van der Waals surface area contributed by atoms with Crippen molar-refractivity contribution < 1.29 is 23.9 Å². The molecule has 0 atom stereocenters. The van der Waals surface area contributed by atoms with Gasteiger partial charge in [-0.3, -0.25) is 14.4 Å². The minimum Gasteiger partial charge on any atom is -0.493 e. The molecule has 2 amide bonds. The van der Waals surface area contributed by atoms with Crippen LogP contribution in [-0.2, 0) is 4.79 Å². The molecule has 0 spiro atoms. The molecule has 7 nitrogen and oxygen atoms in total. The molecule has 44 heavy (non-hydrogen) atoms. The van der Waals surface area contributed by atoms with Crippen molar-refractivity contribution in [3.63, 3.8) is 0 Å². The highest BCUT2D eigenvalue weighted by Crippen LogP contribution is 2.32. The molecule has 0 fully saturated rings. The standard InChI is InChI=1S/C37H30N2O5/c1-43-34-17-9-15-29(35(34)44-2)24-32(39-36(41)28-11-4-3-5-12-28)37(42)38-30-21-18-27(19-22-30)33(40)23-20-26-14-8-13-25-10-6-7-16-31(25)26/h3-24H,1-2H3,(H,38,42)(H,39,41)/b23-20+,32-24-. The van der Waals surface area contributed by atoms with Crippen LogP contribution in [0.15, 0.2) is 127 Å². The minimum atomic E-state index is -0.561. The van der Waals surface area contributed by atoms with Crippen molar-refractivity contribution in [2.24, 2.45) is 0 Å². The maximum absolute atomic E-state index is 13.5. The van der Waals surface area contributed by atoms with Crippen molar-refractivity contribution in [1.82, 2.24) is 5.32 Å². The molecule has 0 saturated heterocycles. The summed E-state index contributed by atoms with van der Waals surface area (Å²) < 4.78 is 10.9. The number of methoxy groups -OCH3 is 2. The number of amides is 2. The summed E-state index contributed by atoms with van der Waals surface area (Å²) in [6.07, 6.45) is 4.87. The zero-order valence-electron chi connectivity index (χ0n) is 24.2. The van der Waals surface area contributed by atoms with Crippen LogP contribution in [0.3, 0.4) is 0 Å². The lowest BCUT2D eigenvalue weighted by Gasteiger charge is -2.14. The lowest BCUT2D eigenvalue weighted by molar-refractivity contribution is -0.113. The molecule has 0 heterocycles. The Morgan fingerprint density at radius 2 is 1.34 bits per heavy atom. The van der Waals surface area contributed by atoms with Crippen LogP contribution in [0, 0.1) is 0 Å². The number of fused-ring (bicyclic) bond motifs is 1. The molecule has 7 heteroatoms. The zero-order valence-corrected chi connectivity index (χ0v) is 24.2. The van der Waals surface area contributed by atoms with E-state index in [1.807, 2.05) is 42.5 Å². The Morgan fingerprint density at radius 1 is 0.659 bits per heavy atom. The van der Waals surface area contributed by atoms with Crippen LogP contribution in [-0.4, -0.2) is 31.8 Å². The number of carbonyl (C=O) groups excluding carboxylic acids is 3. The van der Waals surface area contributed by atoms with Crippen LogP contribution in [0.2, 0.25) is 0 Å². The molecule has 0 bridgehead atoms. The second kappa shape index (κ2) is 13.8. The first-order valence-corrected chi connectivity index (χ1v) is 13.9. The highest BCUT2D eigenvalue weighted by molar-refractivity contribution is 6.11. The van der Waals surface area contributed by atoms with Crippen LogP contribution in [0.4, 0.5) is 5.69 Å². The molecule has 0 aliphatic heterocycles. The average molecular weight is 583 g/mol. The van der Waals surface area contributed by atoms with E-state index in [4.69, 9.17) is 9.47 Å². The zero-order chi connectivity index (χ0) is 30.9. The number of para-hydroxylation sites is 1. The largest absolute Gasteiger partial charge is 0.493 e. The first-order valence-electron chi connectivity index (χ1n) is 13.9. The number of hydrogen-bond donors (Lipinski definition) is 2. The summed E-state index contributed by atoms with van der Waals surface area (Å²) in [5.74, 6) is -0.294. The van der Waals surface area contributed by atoms with Gasteiger partial charge in [0, 0.05) is 22.4 Å². The molecule has 0 unspecified atom stereocenters. The van der Waals surface area contributed by atoms with E-state index >= 15 is 0 Å². The van der Waals surface area contributed by atoms with Crippen LogP contribution < -0.4 is 20.1 Å². The van der Waals surface area contributed by atoms with E-state index < -0.39 is 11.8 Å². The number of allylic oxidation sites excluding steroid dienone is 1. The number of rotatable bonds is 10. The molecular weight excluding hydrogens is 552 g/mol. The Hall–Kier alpha value is -5.95. The lowest BCUT2D eigenvalue weighted by Crippen LogP contribution is -2.30. The van der Waals surface area contributed by atoms with Gasteiger partial charge in [-0.05, 0) is 71.0 Å². The van der Waals surface area contributed by atoms with Crippen molar-refractivity contribution in [1.29, 1.82) is 0 Å². The van der Waals surface area contributed by atoms with Gasteiger partial charge in [0.1, 0.15) is 5.70 Å². The third-order valence-corrected chi connectivity index (χ3v) is 6.93. The van der Waals surface area contributed by atoms with Crippen LogP contribution in [0.25, 0.3) is 22.9 Å². The summed E-state index contributed by atoms with van der Waals surface area (Å²) >= 11 is 0. The Morgan fingerprint density at radius 3 is 2.09 bits per heavy atom. The molecule has 5 aromatic rings. The molecular formula is C37H30N2O5. The fourth-order valence-corrected chi connectivity index (χ4v) is 4.70. The van der Waals surface area contributed by atoms with Crippen LogP contribution in [0.5, 0.6) is 11.5 Å². The minimum absolute atomic E-state index is 0.0106. The molecule has 2 N–H and O–H groups in total. The second-order valence-electron chi connectivity index (χ2n) is 9.76. The molecule has 5 rings (SSSR count). The number of carbonyl (C=O) groups is 3. The van der Waals surface area contributed by atoms with E-state index in [0.29, 0.717) is 33.9 Å². The first-order chi connectivity index (χ1) is 21.5. The van der Waals surface area contributed by atoms with Gasteiger partial charge in [0.15, 0.2) is 17.3 Å². The summed E-state index contributed by atoms with van der Waals surface area (Å²) in [5.41, 5.74) is 2.77. The number of ether oxygens (including phenoxy) is 2. The molecule has 0 aliphatic carbocycles. The highest BCUT2D eigenvalue weighted by Gasteiger charge is 2.17. The van der Waals surface area contributed by atoms with E-state index in [0.717, 1.165) is 16.3 Å². The summed E-state index contributed by atoms with van der Waals surface area (Å²) in [7, 11) is 3.02. The van der Waals surface area contributed by atoms with Gasteiger partial charge in [-0.15, -0.1) is 0 Å². The van der Waals surface area contributed by atoms with Gasteiger partial charge < -0.3 is 20.1 Å². The number of anilines is 1. The topological polar surface area (TPSA) is 93.7 Å². The molecule has 5 aromatic carbocycles. The van der Waals surface area contributed by atoms with Gasteiger partial charge in [0.25, 0.3) is 11.8 Å². The Labute approximate surface area is 255 Å². The molecule has 0 radical (unpaired) electrons. The Balaban J connectivity index is 1.36. The van der Waals surface area contributed by atoms with Gasteiger partial charge in [-0.25, -0.2) is 0 Å². The molecule has 0 aliphatic rings. The van der Waals surface area contributed by atoms with Gasteiger partial charge in [-0.1, -0.05) is 78.9 Å². The maximum atomic E-state index is 13.5. The third-order valence-electron chi connectivity index (χ3n) is 6.93. The van der Waals surface area contributed by atoms with Crippen molar-refractivity contribution in [3.05, 3.63) is 149 Å². The highest BCUT2D eigenvalue weighted by atomic mass is 16.5. The van der Waals surface area contributed by atoms with Gasteiger partial charge >= 0.3 is 0 Å². The van der Waals surface area contributed by atoms with E-state index in [9.17, 15) is 14.4 Å². The maximum Gasteiger partial charge on any atom is 0.272 e. The molecule has 0 aromatic heterocycles. The van der Waals surface area contributed by atoms with Crippen LogP contribution in [0.1, 0.15) is 31.8 Å². The molecule has 0 saturated carbocycles. The fourth-order valence-electron chi connectivity index (χ4n) is 4.70. The summed E-state index contributed by atoms with van der Waals surface area (Å²) in [5, 5.41) is 7.68. The molecule has 218 valence electrons. The lowest BCUT2D eigenvalue weighted by atomic mass is 10.0. The van der Waals surface area contributed by atoms with Crippen molar-refractivity contribution in [3.8, 4) is 11.5 Å². The summed E-state index contributed by atoms with van der Waals surface area (Å²) in [4.78, 5) is 39.4. The Kier molecular flexibility index (Phi) is 9.27. The number of nitrogens with one attached hydrogen (secondary N) is 2. The van der Waals surface area contributed by atoms with Gasteiger partial charge in [-0.2, -0.15) is 0 Å². The number of hydrogen-bond acceptors (Lipinski definition) is 5. The van der Waals surface area contributed by atoms with E-state index in [2.05, 4.69) is 10.6 Å². The third kappa shape index (κ3) is 6.91. The normalized spacial score (nSPS) is 11.3. The number of ketones is 1. The fraction of sp³-hybridized carbons (Fsp3) is 0.0541. The van der Waals surface area contributed by atoms with Crippen molar-refractivity contribution >= 4 is 46.2 Å². The number of benzene rings is 5. The Bertz CT molecular complexity index is 1870. The van der Waals surface area contributed by atoms with E-state index in [1.54, 1.807) is 78.9 Å². The van der Waals surface area contributed by atoms with E-state index in [1.165, 1.54) is 26.4 Å². The monoisotopic (exact) mass is 582 g/mol. The van der Waals surface area contributed by atoms with E-state index in [-0.39, 0.29) is 11.5 Å². The summed E-state index contributed by atoms with van der Waals surface area (Å²) in [6.45, 7) is 0. The average Bonchev–Trinajstić information content (AvgIpc) is 3.07. The van der Waals surface area contributed by atoms with Crippen LogP contribution >= 0.6 is 0 Å². The van der Waals surface area contributed by atoms with Gasteiger partial charge in [0.05, 0.1) is 14.2 Å². The predicted molar refractivity (Wildman–Crippen MR) is 174 cm³/mol. The quantitative estimate of drug-likeness (QED) is 0.135. The smallest absolute Gasteiger partial charge is 0.272 e. The predicted octanol–water partition coefficient (Wildman–Crippen LogP) is 7.16. The first kappa shape index (κ1) is 29.5. The van der Waals surface area contributed by atoms with Crippen molar-refractivity contribution in [2.75, 3.05) is 19.5 Å². The van der Waals surface area contributed by atoms with Gasteiger partial charge in [0.2, 0.25) is 0 Å². The SMILES string of the molecule is COc1cccc(/C=C(\NC(=O)c2ccccc2)C(=O)Nc2ccc(C(=O)/C=C/c3cccc4ccccc34)cc2)c1OC. The van der Waals surface area contributed by atoms with Crippen molar-refractivity contribution in [2.45, 2.75) is 0 Å².